The molecule has 0 saturated carbocycles. The summed E-state index contributed by atoms with van der Waals surface area (Å²) in [5.41, 5.74) is 1.49. The summed E-state index contributed by atoms with van der Waals surface area (Å²) in [5, 5.41) is 0. The zero-order valence-electron chi connectivity index (χ0n) is 14.2. The third kappa shape index (κ3) is 6.12. The van der Waals surface area contributed by atoms with E-state index in [-0.39, 0.29) is 18.1 Å². The highest BCUT2D eigenvalue weighted by Gasteiger charge is 2.16. The van der Waals surface area contributed by atoms with Crippen molar-refractivity contribution in [1.29, 1.82) is 0 Å². The van der Waals surface area contributed by atoms with Gasteiger partial charge < -0.3 is 9.47 Å². The van der Waals surface area contributed by atoms with Gasteiger partial charge in [-0.2, -0.15) is 0 Å². The Kier molecular flexibility index (Phi) is 6.92. The van der Waals surface area contributed by atoms with Crippen molar-refractivity contribution in [2.45, 2.75) is 12.5 Å². The largest absolute Gasteiger partial charge is 0.497 e. The predicted octanol–water partition coefficient (Wildman–Crippen LogP) is 2.68. The molecule has 2 aromatic carbocycles. The Morgan fingerprint density at radius 2 is 1.84 bits per heavy atom. The van der Waals surface area contributed by atoms with Crippen molar-refractivity contribution in [3.63, 3.8) is 0 Å². The summed E-state index contributed by atoms with van der Waals surface area (Å²) in [6, 6.07) is 13.2. The van der Waals surface area contributed by atoms with E-state index in [4.69, 9.17) is 9.47 Å². The molecular weight excluding hydrogens is 345 g/mol. The Morgan fingerprint density at radius 3 is 2.44 bits per heavy atom. The van der Waals surface area contributed by atoms with Gasteiger partial charge in [0.2, 0.25) is 10.0 Å². The zero-order chi connectivity index (χ0) is 18.3. The molecule has 0 aliphatic carbocycles. The van der Waals surface area contributed by atoms with Crippen LogP contribution in [0.1, 0.15) is 17.2 Å². The lowest BCUT2D eigenvalue weighted by Crippen LogP contribution is -2.31. The molecule has 1 unspecified atom stereocenters. The first-order valence-electron chi connectivity index (χ1n) is 7.82. The van der Waals surface area contributed by atoms with Crippen LogP contribution in [0.15, 0.2) is 48.5 Å². The van der Waals surface area contributed by atoms with Crippen molar-refractivity contribution >= 4 is 10.0 Å². The van der Waals surface area contributed by atoms with Crippen LogP contribution in [0.3, 0.4) is 0 Å². The highest BCUT2D eigenvalue weighted by atomic mass is 32.2. The van der Waals surface area contributed by atoms with Gasteiger partial charge in [0.25, 0.3) is 0 Å². The highest BCUT2D eigenvalue weighted by molar-refractivity contribution is 7.89. The summed E-state index contributed by atoms with van der Waals surface area (Å²) in [6.45, 7) is 0.0465. The summed E-state index contributed by atoms with van der Waals surface area (Å²) in [4.78, 5) is 0. The third-order valence-corrected chi connectivity index (χ3v) is 5.16. The maximum atomic E-state index is 13.3. The number of hydrogen-bond acceptors (Lipinski definition) is 4. The van der Waals surface area contributed by atoms with Gasteiger partial charge >= 0.3 is 0 Å². The summed E-state index contributed by atoms with van der Waals surface area (Å²) in [6.07, 6.45) is -0.164. The molecule has 0 aliphatic heterocycles. The minimum atomic E-state index is -3.47. The Hall–Kier alpha value is -1.96. The summed E-state index contributed by atoms with van der Waals surface area (Å²) < 4.78 is 50.5. The first-order chi connectivity index (χ1) is 11.9. The van der Waals surface area contributed by atoms with Crippen molar-refractivity contribution in [2.24, 2.45) is 0 Å². The second-order valence-electron chi connectivity index (χ2n) is 5.54. The number of ether oxygens (including phenoxy) is 2. The second kappa shape index (κ2) is 8.94. The Morgan fingerprint density at radius 1 is 1.12 bits per heavy atom. The summed E-state index contributed by atoms with van der Waals surface area (Å²) in [7, 11) is -0.437. The van der Waals surface area contributed by atoms with E-state index in [0.717, 1.165) is 11.3 Å². The van der Waals surface area contributed by atoms with Crippen molar-refractivity contribution in [1.82, 2.24) is 4.72 Å². The van der Waals surface area contributed by atoms with E-state index >= 15 is 0 Å². The molecule has 0 aromatic heterocycles. The summed E-state index contributed by atoms with van der Waals surface area (Å²) in [5.74, 6) is 0.295. The smallest absolute Gasteiger partial charge is 0.212 e. The fraction of sp³-hybridized carbons (Fsp3) is 0.333. The Bertz CT molecular complexity index is 778. The van der Waals surface area contributed by atoms with Gasteiger partial charge in [-0.05, 0) is 41.8 Å². The van der Waals surface area contributed by atoms with E-state index in [1.165, 1.54) is 19.2 Å². The molecule has 0 saturated heterocycles. The topological polar surface area (TPSA) is 64.6 Å². The van der Waals surface area contributed by atoms with E-state index in [1.807, 2.05) is 12.1 Å². The zero-order valence-corrected chi connectivity index (χ0v) is 15.1. The molecule has 0 bridgehead atoms. The molecule has 5 nitrogen and oxygen atoms in total. The third-order valence-electron chi connectivity index (χ3n) is 3.81. The number of aryl methyl sites for hydroxylation is 1. The quantitative estimate of drug-likeness (QED) is 0.740. The molecule has 2 rings (SSSR count). The van der Waals surface area contributed by atoms with E-state index in [2.05, 4.69) is 4.72 Å². The predicted molar refractivity (Wildman–Crippen MR) is 94.6 cm³/mol. The van der Waals surface area contributed by atoms with Crippen molar-refractivity contribution < 1.29 is 22.3 Å². The SMILES string of the molecule is COc1ccc(CCS(=O)(=O)NCC(OC)c2cccc(F)c2)cc1. The van der Waals surface area contributed by atoms with Crippen LogP contribution in [-0.4, -0.2) is 34.9 Å². The van der Waals surface area contributed by atoms with Crippen LogP contribution in [-0.2, 0) is 21.2 Å². The van der Waals surface area contributed by atoms with Crippen LogP contribution >= 0.6 is 0 Å². The second-order valence-corrected chi connectivity index (χ2v) is 7.47. The van der Waals surface area contributed by atoms with Crippen LogP contribution in [0.4, 0.5) is 4.39 Å². The number of rotatable bonds is 9. The molecular formula is C18H22FNO4S. The minimum absolute atomic E-state index is 0.0427. The van der Waals surface area contributed by atoms with Gasteiger partial charge in [0.1, 0.15) is 11.6 Å². The fourth-order valence-corrected chi connectivity index (χ4v) is 3.42. The molecule has 25 heavy (non-hydrogen) atoms. The van der Waals surface area contributed by atoms with Crippen LogP contribution < -0.4 is 9.46 Å². The van der Waals surface area contributed by atoms with Gasteiger partial charge in [-0.15, -0.1) is 0 Å². The molecule has 136 valence electrons. The number of halogens is 1. The van der Waals surface area contributed by atoms with Crippen molar-refractivity contribution in [2.75, 3.05) is 26.5 Å². The lowest BCUT2D eigenvalue weighted by molar-refractivity contribution is 0.107. The molecule has 7 heteroatoms. The normalized spacial score (nSPS) is 12.8. The van der Waals surface area contributed by atoms with E-state index in [1.54, 1.807) is 31.4 Å². The van der Waals surface area contributed by atoms with E-state index < -0.39 is 16.1 Å². The average molecular weight is 367 g/mol. The van der Waals surface area contributed by atoms with Crippen molar-refractivity contribution in [3.8, 4) is 5.75 Å². The molecule has 0 amide bonds. The molecule has 0 fully saturated rings. The Labute approximate surface area is 147 Å². The number of benzene rings is 2. The average Bonchev–Trinajstić information content (AvgIpc) is 2.61. The number of sulfonamides is 1. The number of methoxy groups -OCH3 is 2. The van der Waals surface area contributed by atoms with Crippen LogP contribution in [0.5, 0.6) is 5.75 Å². The molecule has 1 N–H and O–H groups in total. The van der Waals surface area contributed by atoms with Crippen LogP contribution in [0.25, 0.3) is 0 Å². The molecule has 0 spiro atoms. The molecule has 0 radical (unpaired) electrons. The van der Waals surface area contributed by atoms with Gasteiger partial charge in [0.05, 0.1) is 19.0 Å². The van der Waals surface area contributed by atoms with Gasteiger partial charge in [0.15, 0.2) is 0 Å². The van der Waals surface area contributed by atoms with Crippen molar-refractivity contribution in [3.05, 3.63) is 65.5 Å². The van der Waals surface area contributed by atoms with Crippen LogP contribution in [0, 0.1) is 5.82 Å². The van der Waals surface area contributed by atoms with E-state index in [0.29, 0.717) is 12.0 Å². The maximum absolute atomic E-state index is 13.3. The first kappa shape index (κ1) is 19.4. The van der Waals surface area contributed by atoms with Gasteiger partial charge in [-0.3, -0.25) is 0 Å². The highest BCUT2D eigenvalue weighted by Crippen LogP contribution is 2.17. The lowest BCUT2D eigenvalue weighted by Gasteiger charge is -2.17. The van der Waals surface area contributed by atoms with Crippen LogP contribution in [0.2, 0.25) is 0 Å². The molecule has 0 heterocycles. The molecule has 2 aromatic rings. The summed E-state index contributed by atoms with van der Waals surface area (Å²) >= 11 is 0. The monoisotopic (exact) mass is 367 g/mol. The first-order valence-corrected chi connectivity index (χ1v) is 9.47. The molecule has 0 aliphatic rings. The van der Waals surface area contributed by atoms with Gasteiger partial charge in [-0.25, -0.2) is 17.5 Å². The van der Waals surface area contributed by atoms with Gasteiger partial charge in [-0.1, -0.05) is 24.3 Å². The van der Waals surface area contributed by atoms with E-state index in [9.17, 15) is 12.8 Å². The standard InChI is InChI=1S/C18H22FNO4S/c1-23-17-8-6-14(7-9-17)10-11-25(21,22)20-13-18(24-2)15-4-3-5-16(19)12-15/h3-9,12,18,20H,10-11,13H2,1-2H3. The maximum Gasteiger partial charge on any atom is 0.212 e. The number of nitrogens with one attached hydrogen (secondary N) is 1. The Balaban J connectivity index is 1.91. The van der Waals surface area contributed by atoms with Gasteiger partial charge in [0, 0.05) is 13.7 Å². The lowest BCUT2D eigenvalue weighted by atomic mass is 10.1. The minimum Gasteiger partial charge on any atom is -0.497 e. The fourth-order valence-electron chi connectivity index (χ4n) is 2.36. The molecule has 1 atom stereocenters. The number of hydrogen-bond donors (Lipinski definition) is 1.